The number of nitrogens with zero attached hydrogens (tertiary/aromatic N) is 3. The van der Waals surface area contributed by atoms with Gasteiger partial charge in [-0.2, -0.15) is 0 Å². The van der Waals surface area contributed by atoms with Crippen molar-refractivity contribution in [1.29, 1.82) is 0 Å². The van der Waals surface area contributed by atoms with E-state index in [9.17, 15) is 4.79 Å². The van der Waals surface area contributed by atoms with Gasteiger partial charge in [0.05, 0.1) is 12.3 Å². The van der Waals surface area contributed by atoms with Crippen LogP contribution in [-0.2, 0) is 4.79 Å². The number of amides is 1. The summed E-state index contributed by atoms with van der Waals surface area (Å²) in [6.45, 7) is 5.69. The summed E-state index contributed by atoms with van der Waals surface area (Å²) in [5.41, 5.74) is 0.0697. The van der Waals surface area contributed by atoms with Crippen LogP contribution < -0.4 is 10.6 Å². The molecule has 154 valence electrons. The molecule has 3 fully saturated rings. The van der Waals surface area contributed by atoms with E-state index in [0.29, 0.717) is 6.42 Å². The SMILES string of the molecule is CN=C(NCC(c1ccco1)N1CCCCC1)N1CCCC2(CNC(=O)C2)C1. The lowest BCUT2D eigenvalue weighted by Gasteiger charge is -2.41. The maximum absolute atomic E-state index is 11.8. The van der Waals surface area contributed by atoms with E-state index in [1.807, 2.05) is 13.1 Å². The maximum atomic E-state index is 11.8. The first-order valence-corrected chi connectivity index (χ1v) is 10.7. The number of likely N-dealkylation sites (tertiary alicyclic amines) is 2. The molecule has 7 heteroatoms. The fraction of sp³-hybridized carbons (Fsp3) is 0.714. The Bertz CT molecular complexity index is 683. The van der Waals surface area contributed by atoms with E-state index in [1.54, 1.807) is 6.26 Å². The molecule has 2 N–H and O–H groups in total. The third-order valence-electron chi connectivity index (χ3n) is 6.53. The Labute approximate surface area is 167 Å². The summed E-state index contributed by atoms with van der Waals surface area (Å²) in [6.07, 6.45) is 8.44. The van der Waals surface area contributed by atoms with Crippen molar-refractivity contribution in [2.75, 3.05) is 46.3 Å². The topological polar surface area (TPSA) is 73.1 Å². The lowest BCUT2D eigenvalue weighted by Crippen LogP contribution is -2.52. The zero-order valence-electron chi connectivity index (χ0n) is 17.0. The average molecular weight is 388 g/mol. The van der Waals surface area contributed by atoms with Gasteiger partial charge in [0.15, 0.2) is 5.96 Å². The van der Waals surface area contributed by atoms with Gasteiger partial charge in [-0.05, 0) is 50.9 Å². The van der Waals surface area contributed by atoms with E-state index < -0.39 is 0 Å². The van der Waals surface area contributed by atoms with Crippen LogP contribution in [-0.4, -0.2) is 68.0 Å². The van der Waals surface area contributed by atoms with Crippen LogP contribution in [0.5, 0.6) is 0 Å². The Hall–Kier alpha value is -2.02. The van der Waals surface area contributed by atoms with Gasteiger partial charge >= 0.3 is 0 Å². The Kier molecular flexibility index (Phi) is 5.90. The highest BCUT2D eigenvalue weighted by Gasteiger charge is 2.42. The van der Waals surface area contributed by atoms with Crippen molar-refractivity contribution in [2.24, 2.45) is 10.4 Å². The van der Waals surface area contributed by atoms with Crippen molar-refractivity contribution < 1.29 is 9.21 Å². The summed E-state index contributed by atoms with van der Waals surface area (Å²) in [4.78, 5) is 21.2. The number of hydrogen-bond donors (Lipinski definition) is 2. The number of rotatable bonds is 4. The number of piperidine rings is 2. The Morgan fingerprint density at radius 1 is 1.32 bits per heavy atom. The predicted molar refractivity (Wildman–Crippen MR) is 109 cm³/mol. The first kappa shape index (κ1) is 19.3. The molecule has 2 unspecified atom stereocenters. The van der Waals surface area contributed by atoms with Gasteiger partial charge in [0.2, 0.25) is 5.91 Å². The molecule has 1 spiro atoms. The second kappa shape index (κ2) is 8.55. The lowest BCUT2D eigenvalue weighted by molar-refractivity contribution is -0.119. The maximum Gasteiger partial charge on any atom is 0.220 e. The number of aliphatic imine (C=N–C) groups is 1. The van der Waals surface area contributed by atoms with Crippen LogP contribution in [0.3, 0.4) is 0 Å². The van der Waals surface area contributed by atoms with Crippen LogP contribution in [0.15, 0.2) is 27.8 Å². The van der Waals surface area contributed by atoms with Gasteiger partial charge in [-0.25, -0.2) is 0 Å². The fourth-order valence-corrected chi connectivity index (χ4v) is 5.07. The minimum Gasteiger partial charge on any atom is -0.468 e. The van der Waals surface area contributed by atoms with Crippen molar-refractivity contribution in [3.63, 3.8) is 0 Å². The molecule has 1 aromatic rings. The molecule has 3 aliphatic rings. The van der Waals surface area contributed by atoms with E-state index >= 15 is 0 Å². The molecule has 0 aromatic carbocycles. The molecule has 4 rings (SSSR count). The summed E-state index contributed by atoms with van der Waals surface area (Å²) >= 11 is 0. The van der Waals surface area contributed by atoms with Gasteiger partial charge in [0, 0.05) is 45.1 Å². The van der Waals surface area contributed by atoms with Crippen LogP contribution in [0, 0.1) is 5.41 Å². The van der Waals surface area contributed by atoms with Crippen LogP contribution in [0.1, 0.15) is 50.3 Å². The zero-order valence-corrected chi connectivity index (χ0v) is 17.0. The van der Waals surface area contributed by atoms with Gasteiger partial charge < -0.3 is 20.0 Å². The number of nitrogens with one attached hydrogen (secondary N) is 2. The second-order valence-electron chi connectivity index (χ2n) is 8.53. The highest BCUT2D eigenvalue weighted by atomic mass is 16.3. The van der Waals surface area contributed by atoms with Gasteiger partial charge in [0.25, 0.3) is 0 Å². The first-order valence-electron chi connectivity index (χ1n) is 10.7. The van der Waals surface area contributed by atoms with Gasteiger partial charge in [-0.3, -0.25) is 14.7 Å². The highest BCUT2D eigenvalue weighted by Crippen LogP contribution is 2.36. The Balaban J connectivity index is 1.41. The van der Waals surface area contributed by atoms with Gasteiger partial charge in [-0.15, -0.1) is 0 Å². The zero-order chi connectivity index (χ0) is 19.4. The van der Waals surface area contributed by atoms with Crippen LogP contribution in [0.25, 0.3) is 0 Å². The summed E-state index contributed by atoms with van der Waals surface area (Å²) in [6, 6.07) is 4.27. The Morgan fingerprint density at radius 3 is 2.86 bits per heavy atom. The second-order valence-corrected chi connectivity index (χ2v) is 8.53. The number of carbonyl (C=O) groups excluding carboxylic acids is 1. The predicted octanol–water partition coefficient (Wildman–Crippen LogP) is 1.98. The van der Waals surface area contributed by atoms with Crippen LogP contribution in [0.2, 0.25) is 0 Å². The Morgan fingerprint density at radius 2 is 2.18 bits per heavy atom. The molecule has 3 saturated heterocycles. The third kappa shape index (κ3) is 4.19. The number of carbonyl (C=O) groups is 1. The van der Waals surface area contributed by atoms with E-state index in [-0.39, 0.29) is 17.4 Å². The van der Waals surface area contributed by atoms with Crippen LogP contribution >= 0.6 is 0 Å². The summed E-state index contributed by atoms with van der Waals surface area (Å²) in [5.74, 6) is 2.14. The quantitative estimate of drug-likeness (QED) is 0.611. The number of guanidine groups is 1. The molecule has 3 aliphatic heterocycles. The molecule has 2 atom stereocenters. The standard InChI is InChI=1S/C21H33N5O2/c1-22-20(26-11-6-8-21(16-26)13-19(27)24-15-21)23-14-17(18-7-5-12-28-18)25-9-3-2-4-10-25/h5,7,12,17H,2-4,6,8-11,13-16H2,1H3,(H,22,23)(H,24,27). The normalized spacial score (nSPS) is 27.8. The molecular weight excluding hydrogens is 354 g/mol. The third-order valence-corrected chi connectivity index (χ3v) is 6.53. The minimum atomic E-state index is 0.0697. The van der Waals surface area contributed by atoms with E-state index in [4.69, 9.17) is 4.42 Å². The monoisotopic (exact) mass is 387 g/mol. The van der Waals surface area contributed by atoms with E-state index in [0.717, 1.165) is 63.8 Å². The molecule has 0 aliphatic carbocycles. The van der Waals surface area contributed by atoms with Crippen molar-refractivity contribution in [2.45, 2.75) is 44.6 Å². The molecule has 1 aromatic heterocycles. The van der Waals surface area contributed by atoms with Gasteiger partial charge in [-0.1, -0.05) is 6.42 Å². The number of furan rings is 1. The average Bonchev–Trinajstić information content (AvgIpc) is 3.36. The van der Waals surface area contributed by atoms with Crippen molar-refractivity contribution in [3.05, 3.63) is 24.2 Å². The molecular formula is C21H33N5O2. The molecule has 4 heterocycles. The summed E-state index contributed by atoms with van der Waals surface area (Å²) < 4.78 is 5.77. The summed E-state index contributed by atoms with van der Waals surface area (Å²) in [5, 5.41) is 6.64. The molecule has 0 bridgehead atoms. The molecule has 0 radical (unpaired) electrons. The fourth-order valence-electron chi connectivity index (χ4n) is 5.07. The van der Waals surface area contributed by atoms with Crippen LogP contribution in [0.4, 0.5) is 0 Å². The molecule has 28 heavy (non-hydrogen) atoms. The minimum absolute atomic E-state index is 0.0697. The van der Waals surface area contributed by atoms with E-state index in [2.05, 4.69) is 31.5 Å². The summed E-state index contributed by atoms with van der Waals surface area (Å²) in [7, 11) is 1.85. The van der Waals surface area contributed by atoms with Crippen molar-refractivity contribution in [3.8, 4) is 0 Å². The van der Waals surface area contributed by atoms with Crippen molar-refractivity contribution >= 4 is 11.9 Å². The largest absolute Gasteiger partial charge is 0.468 e. The highest BCUT2D eigenvalue weighted by molar-refractivity contribution is 5.81. The van der Waals surface area contributed by atoms with E-state index in [1.165, 1.54) is 19.3 Å². The van der Waals surface area contributed by atoms with Gasteiger partial charge in [0.1, 0.15) is 5.76 Å². The molecule has 0 saturated carbocycles. The lowest BCUT2D eigenvalue weighted by atomic mass is 9.79. The first-order chi connectivity index (χ1) is 13.7. The molecule has 1 amide bonds. The number of hydrogen-bond acceptors (Lipinski definition) is 4. The molecule has 7 nitrogen and oxygen atoms in total. The van der Waals surface area contributed by atoms with Crippen molar-refractivity contribution in [1.82, 2.24) is 20.4 Å². The smallest absolute Gasteiger partial charge is 0.220 e.